The van der Waals surface area contributed by atoms with Crippen molar-refractivity contribution >= 4 is 5.91 Å². The Kier molecular flexibility index (Phi) is 5.90. The van der Waals surface area contributed by atoms with Crippen LogP contribution in [0.15, 0.2) is 54.6 Å². The van der Waals surface area contributed by atoms with Crippen molar-refractivity contribution in [2.75, 3.05) is 26.2 Å². The van der Waals surface area contributed by atoms with E-state index in [0.717, 1.165) is 12.1 Å². The molecule has 10 heteroatoms. The molecule has 7 nitrogen and oxygen atoms in total. The van der Waals surface area contributed by atoms with Crippen molar-refractivity contribution in [3.05, 3.63) is 66.0 Å². The van der Waals surface area contributed by atoms with Gasteiger partial charge in [-0.1, -0.05) is 30.3 Å². The smallest absolute Gasteiger partial charge is 0.416 e. The number of para-hydroxylation sites is 1. The lowest BCUT2D eigenvalue weighted by molar-refractivity contribution is -0.138. The van der Waals surface area contributed by atoms with Crippen LogP contribution in [0.3, 0.4) is 0 Å². The van der Waals surface area contributed by atoms with E-state index >= 15 is 0 Å². The van der Waals surface area contributed by atoms with Crippen molar-refractivity contribution in [1.82, 2.24) is 25.4 Å². The molecule has 3 aromatic rings. The molecule has 0 bridgehead atoms. The van der Waals surface area contributed by atoms with Gasteiger partial charge in [0.05, 0.1) is 5.56 Å². The van der Waals surface area contributed by atoms with E-state index in [1.807, 2.05) is 18.2 Å². The molecule has 1 saturated heterocycles. The number of rotatable bonds is 5. The minimum Gasteiger partial charge on any atom is -0.484 e. The van der Waals surface area contributed by atoms with Gasteiger partial charge in [-0.25, -0.2) is 4.98 Å². The average Bonchev–Trinajstić information content (AvgIpc) is 3.28. The molecule has 0 spiro atoms. The summed E-state index contributed by atoms with van der Waals surface area (Å²) in [5, 5.41) is 10.2. The van der Waals surface area contributed by atoms with Gasteiger partial charge >= 0.3 is 6.18 Å². The second-order valence-electron chi connectivity index (χ2n) is 7.03. The number of amides is 1. The topological polar surface area (TPSA) is 83.1 Å². The molecule has 0 radical (unpaired) electrons. The third-order valence-electron chi connectivity index (χ3n) is 4.96. The summed E-state index contributed by atoms with van der Waals surface area (Å²) in [6.07, 6.45) is -4.40. The summed E-state index contributed by atoms with van der Waals surface area (Å²) >= 11 is 0. The minimum absolute atomic E-state index is 0.111. The number of nitrogens with zero attached hydrogens (tertiary/aromatic N) is 3. The summed E-state index contributed by atoms with van der Waals surface area (Å²) in [4.78, 5) is 18.9. The van der Waals surface area contributed by atoms with Gasteiger partial charge in [-0.2, -0.15) is 18.3 Å². The quantitative estimate of drug-likeness (QED) is 0.649. The van der Waals surface area contributed by atoms with Gasteiger partial charge in [0.25, 0.3) is 5.91 Å². The van der Waals surface area contributed by atoms with Gasteiger partial charge in [-0.05, 0) is 24.3 Å². The number of carbonyl (C=O) groups is 1. The standard InChI is InChI=1S/C21H20F3N5O2/c22-21(23,24)15-8-6-14(7-9-15)19-26-20(28-27-19)17-12-25-10-11-29(17)18(30)13-31-16-4-2-1-3-5-16/h1-9,17,25H,10-13H2,(H,26,27,28). The molecule has 4 rings (SSSR count). The van der Waals surface area contributed by atoms with Crippen molar-refractivity contribution in [2.24, 2.45) is 0 Å². The molecule has 2 heterocycles. The molecule has 2 N–H and O–H groups in total. The summed E-state index contributed by atoms with van der Waals surface area (Å²) in [7, 11) is 0. The van der Waals surface area contributed by atoms with Gasteiger partial charge in [0.15, 0.2) is 12.4 Å². The largest absolute Gasteiger partial charge is 0.484 e. The van der Waals surface area contributed by atoms with Gasteiger partial charge in [0, 0.05) is 25.2 Å². The summed E-state index contributed by atoms with van der Waals surface area (Å²) < 4.78 is 43.9. The number of benzene rings is 2. The predicted molar refractivity (Wildman–Crippen MR) is 106 cm³/mol. The maximum absolute atomic E-state index is 12.8. The Morgan fingerprint density at radius 3 is 2.58 bits per heavy atom. The van der Waals surface area contributed by atoms with Crippen molar-refractivity contribution < 1.29 is 22.7 Å². The van der Waals surface area contributed by atoms with Gasteiger partial charge < -0.3 is 15.0 Å². The highest BCUT2D eigenvalue weighted by Crippen LogP contribution is 2.30. The van der Waals surface area contributed by atoms with E-state index < -0.39 is 17.8 Å². The third kappa shape index (κ3) is 4.85. The van der Waals surface area contributed by atoms with Crippen molar-refractivity contribution in [1.29, 1.82) is 0 Å². The predicted octanol–water partition coefficient (Wildman–Crippen LogP) is 3.04. The van der Waals surface area contributed by atoms with Crippen LogP contribution in [0, 0.1) is 0 Å². The molecule has 1 aliphatic rings. The monoisotopic (exact) mass is 431 g/mol. The van der Waals surface area contributed by atoms with Gasteiger partial charge in [0.2, 0.25) is 0 Å². The molecule has 0 aliphatic carbocycles. The van der Waals surface area contributed by atoms with Crippen LogP contribution in [-0.4, -0.2) is 52.2 Å². The summed E-state index contributed by atoms with van der Waals surface area (Å²) in [5.41, 5.74) is -0.289. The SMILES string of the molecule is O=C(COc1ccccc1)N1CCNCC1c1nc(-c2ccc(C(F)(F)F)cc2)n[nH]1. The molecular weight excluding hydrogens is 411 g/mol. The fourth-order valence-corrected chi connectivity index (χ4v) is 3.35. The number of aromatic nitrogens is 3. The van der Waals surface area contributed by atoms with Crippen LogP contribution < -0.4 is 10.1 Å². The number of carbonyl (C=O) groups excluding carboxylic acids is 1. The van der Waals surface area contributed by atoms with Gasteiger partial charge in [-0.15, -0.1) is 0 Å². The van der Waals surface area contributed by atoms with E-state index in [9.17, 15) is 18.0 Å². The fraction of sp³-hybridized carbons (Fsp3) is 0.286. The zero-order valence-corrected chi connectivity index (χ0v) is 16.4. The lowest BCUT2D eigenvalue weighted by Crippen LogP contribution is -2.50. The number of nitrogens with one attached hydrogen (secondary N) is 2. The lowest BCUT2D eigenvalue weighted by atomic mass is 10.1. The first kappa shape index (κ1) is 20.9. The average molecular weight is 431 g/mol. The molecular formula is C21H20F3N5O2. The lowest BCUT2D eigenvalue weighted by Gasteiger charge is -2.34. The van der Waals surface area contributed by atoms with Crippen molar-refractivity contribution in [3.8, 4) is 17.1 Å². The Hall–Kier alpha value is -3.40. The Morgan fingerprint density at radius 1 is 1.13 bits per heavy atom. The van der Waals surface area contributed by atoms with Crippen LogP contribution in [0.5, 0.6) is 5.75 Å². The first-order valence-electron chi connectivity index (χ1n) is 9.70. The second kappa shape index (κ2) is 8.76. The summed E-state index contributed by atoms with van der Waals surface area (Å²) in [5.74, 6) is 1.13. The molecule has 31 heavy (non-hydrogen) atoms. The molecule has 1 atom stereocenters. The van der Waals surface area contributed by atoms with E-state index in [-0.39, 0.29) is 18.3 Å². The molecule has 1 aliphatic heterocycles. The van der Waals surface area contributed by atoms with E-state index in [2.05, 4.69) is 20.5 Å². The third-order valence-corrected chi connectivity index (χ3v) is 4.96. The van der Waals surface area contributed by atoms with E-state index in [1.54, 1.807) is 17.0 Å². The minimum atomic E-state index is -4.40. The van der Waals surface area contributed by atoms with E-state index in [1.165, 1.54) is 12.1 Å². The van der Waals surface area contributed by atoms with E-state index in [0.29, 0.717) is 36.8 Å². The first-order chi connectivity index (χ1) is 14.9. The zero-order chi connectivity index (χ0) is 21.8. The zero-order valence-electron chi connectivity index (χ0n) is 16.4. The Balaban J connectivity index is 1.47. The first-order valence-corrected chi connectivity index (χ1v) is 9.70. The van der Waals surface area contributed by atoms with Crippen molar-refractivity contribution in [3.63, 3.8) is 0 Å². The number of piperazine rings is 1. The van der Waals surface area contributed by atoms with Crippen molar-refractivity contribution in [2.45, 2.75) is 12.2 Å². The fourth-order valence-electron chi connectivity index (χ4n) is 3.35. The Labute approximate surface area is 176 Å². The Bertz CT molecular complexity index is 1020. The number of H-pyrrole nitrogens is 1. The van der Waals surface area contributed by atoms with Crippen LogP contribution in [-0.2, 0) is 11.0 Å². The normalized spacial score (nSPS) is 16.9. The highest BCUT2D eigenvalue weighted by molar-refractivity contribution is 5.78. The van der Waals surface area contributed by atoms with Gasteiger partial charge in [-0.3, -0.25) is 9.89 Å². The summed E-state index contributed by atoms with van der Waals surface area (Å²) in [6.45, 7) is 1.46. The highest BCUT2D eigenvalue weighted by atomic mass is 19.4. The highest BCUT2D eigenvalue weighted by Gasteiger charge is 2.32. The van der Waals surface area contributed by atoms with Crippen LogP contribution >= 0.6 is 0 Å². The number of halogens is 3. The second-order valence-corrected chi connectivity index (χ2v) is 7.03. The van der Waals surface area contributed by atoms with Crippen LogP contribution in [0.25, 0.3) is 11.4 Å². The molecule has 1 aromatic heterocycles. The van der Waals surface area contributed by atoms with Crippen LogP contribution in [0.2, 0.25) is 0 Å². The molecule has 1 fully saturated rings. The Morgan fingerprint density at radius 2 is 1.87 bits per heavy atom. The molecule has 1 unspecified atom stereocenters. The van der Waals surface area contributed by atoms with Crippen LogP contribution in [0.1, 0.15) is 17.4 Å². The number of hydrogen-bond donors (Lipinski definition) is 2. The molecule has 162 valence electrons. The summed E-state index contributed by atoms with van der Waals surface area (Å²) in [6, 6.07) is 13.3. The maximum Gasteiger partial charge on any atom is 0.416 e. The van der Waals surface area contributed by atoms with Gasteiger partial charge in [0.1, 0.15) is 17.6 Å². The number of aromatic amines is 1. The molecule has 0 saturated carbocycles. The maximum atomic E-state index is 12.8. The molecule has 1 amide bonds. The van der Waals surface area contributed by atoms with Crippen LogP contribution in [0.4, 0.5) is 13.2 Å². The van der Waals surface area contributed by atoms with E-state index in [4.69, 9.17) is 4.74 Å². The number of ether oxygens (including phenoxy) is 1. The number of alkyl halides is 3. The number of hydrogen-bond acceptors (Lipinski definition) is 5. The molecule has 2 aromatic carbocycles.